The molecule has 4 nitrogen and oxygen atoms in total. The third kappa shape index (κ3) is 5.02. The standard InChI is InChI=1S/C31H48Cl4N4Si2/c1-28(2,3)36-26(24-19-15-13-16-20-24)37(29(4,5)6)40(36,32,33)23-41(34,35)38(30(7,8)9)27(39(41)31(10,11)12)25-21-17-14-18-22-25/h13-22H,23H2,1-12H3. The Morgan fingerprint density at radius 3 is 1.00 bits per heavy atom. The molecule has 2 aromatic rings. The molecule has 0 bridgehead atoms. The van der Waals surface area contributed by atoms with Crippen LogP contribution in [0.15, 0.2) is 60.7 Å². The molecule has 0 saturated carbocycles. The number of hydrogen-bond donors (Lipinski definition) is 0. The summed E-state index contributed by atoms with van der Waals surface area (Å²) in [6.07, 6.45) is -8.83. The van der Waals surface area contributed by atoms with Gasteiger partial charge < -0.3 is 0 Å². The van der Waals surface area contributed by atoms with Crippen LogP contribution >= 0.6 is 44.3 Å². The summed E-state index contributed by atoms with van der Waals surface area (Å²) in [7, 11) is 0. The van der Waals surface area contributed by atoms with Gasteiger partial charge in [-0.3, -0.25) is 0 Å². The van der Waals surface area contributed by atoms with Crippen molar-refractivity contribution in [2.45, 2.75) is 111 Å². The van der Waals surface area contributed by atoms with Crippen LogP contribution in [0, 0.1) is 0 Å². The molecule has 0 amide bonds. The molecule has 0 spiro atoms. The molecule has 0 aliphatic carbocycles. The van der Waals surface area contributed by atoms with Crippen molar-refractivity contribution in [1.29, 1.82) is 0 Å². The van der Waals surface area contributed by atoms with E-state index in [0.717, 1.165) is 22.8 Å². The predicted octanol–water partition coefficient (Wildman–Crippen LogP) is 9.00. The van der Waals surface area contributed by atoms with Crippen LogP contribution in [-0.4, -0.2) is 64.0 Å². The zero-order chi connectivity index (χ0) is 31.3. The first-order valence-electron chi connectivity index (χ1n) is 14.5. The number of rotatable bonds is 4. The summed E-state index contributed by atoms with van der Waals surface area (Å²) in [5.41, 5.74) is 0.845. The fraction of sp³-hybridized carbons (Fsp3) is 0.548. The second-order valence-electron chi connectivity index (χ2n) is 15.8. The fourth-order valence-corrected chi connectivity index (χ4v) is 41.2. The van der Waals surface area contributed by atoms with Crippen molar-refractivity contribution >= 4 is 68.6 Å². The van der Waals surface area contributed by atoms with E-state index in [-0.39, 0.29) is 5.67 Å². The second-order valence-corrected chi connectivity index (χ2v) is 34.0. The van der Waals surface area contributed by atoms with Gasteiger partial charge in [-0.25, -0.2) is 0 Å². The monoisotopic (exact) mass is 672 g/mol. The van der Waals surface area contributed by atoms with Gasteiger partial charge in [0.25, 0.3) is 0 Å². The van der Waals surface area contributed by atoms with E-state index >= 15 is 0 Å². The van der Waals surface area contributed by atoms with Crippen LogP contribution in [0.3, 0.4) is 0 Å². The van der Waals surface area contributed by atoms with Crippen LogP contribution < -0.4 is 0 Å². The fourth-order valence-electron chi connectivity index (χ4n) is 7.44. The molecular weight excluding hydrogens is 626 g/mol. The summed E-state index contributed by atoms with van der Waals surface area (Å²) in [6.45, 7) is 26.0. The van der Waals surface area contributed by atoms with Gasteiger partial charge in [-0.15, -0.1) is 0 Å². The van der Waals surface area contributed by atoms with Gasteiger partial charge in [0.1, 0.15) is 0 Å². The minimum atomic E-state index is -4.41. The number of amidine groups is 2. The zero-order valence-electron chi connectivity index (χ0n) is 26.8. The van der Waals surface area contributed by atoms with Crippen molar-refractivity contribution in [3.05, 3.63) is 71.8 Å². The van der Waals surface area contributed by atoms with E-state index in [2.05, 4.69) is 149 Å². The molecular formula is C31H48Cl4N4Si2. The van der Waals surface area contributed by atoms with E-state index in [1.54, 1.807) is 0 Å². The van der Waals surface area contributed by atoms with E-state index in [1.165, 1.54) is 0 Å². The van der Waals surface area contributed by atoms with E-state index < -0.39 is 34.7 Å². The van der Waals surface area contributed by atoms with Crippen molar-refractivity contribution in [1.82, 2.24) is 9.13 Å². The second kappa shape index (κ2) is 9.24. The average molecular weight is 675 g/mol. The molecule has 10 heteroatoms. The van der Waals surface area contributed by atoms with Crippen molar-refractivity contribution < 1.29 is 8.48 Å². The van der Waals surface area contributed by atoms with Crippen LogP contribution in [-0.2, 0) is 0 Å². The molecule has 41 heavy (non-hydrogen) atoms. The van der Waals surface area contributed by atoms with Crippen molar-refractivity contribution in [2.75, 3.05) is 0 Å². The molecule has 0 N–H and O–H groups in total. The van der Waals surface area contributed by atoms with Gasteiger partial charge in [-0.05, 0) is 0 Å². The summed E-state index contributed by atoms with van der Waals surface area (Å²) in [4.78, 5) is 0. The first kappa shape index (κ1) is 32.9. The molecule has 2 aromatic carbocycles. The molecule has 2 aliphatic heterocycles. The molecule has 4 rings (SSSR count). The first-order chi connectivity index (χ1) is 18.2. The zero-order valence-corrected chi connectivity index (χ0v) is 31.8. The maximum absolute atomic E-state index is 8.18. The molecule has 2 aliphatic rings. The SMILES string of the molecule is CC(C)(C)N1C(c2ccccc2)=[N+](C(C)(C)C)[Si-]1(Cl)(Cl)C[Si-]1(Cl)(Cl)N(C(C)(C)C)C(c2ccccc2)=[N+]1C(C)(C)C. The summed E-state index contributed by atoms with van der Waals surface area (Å²) < 4.78 is 9.13. The Labute approximate surface area is 267 Å². The van der Waals surface area contributed by atoms with E-state index in [1.807, 2.05) is 12.1 Å². The van der Waals surface area contributed by atoms with Crippen LogP contribution in [0.1, 0.15) is 94.2 Å². The van der Waals surface area contributed by atoms with E-state index in [9.17, 15) is 0 Å². The number of halogens is 4. The molecule has 228 valence electrons. The Morgan fingerprint density at radius 2 is 0.780 bits per heavy atom. The Morgan fingerprint density at radius 1 is 0.512 bits per heavy atom. The van der Waals surface area contributed by atoms with Crippen LogP contribution in [0.4, 0.5) is 0 Å². The van der Waals surface area contributed by atoms with Crippen molar-refractivity contribution in [3.63, 3.8) is 0 Å². The topological polar surface area (TPSA) is 12.5 Å². The normalized spacial score (nSPS) is 24.0. The van der Waals surface area contributed by atoms with Gasteiger partial charge in [0.05, 0.1) is 0 Å². The third-order valence-electron chi connectivity index (χ3n) is 7.89. The van der Waals surface area contributed by atoms with Gasteiger partial charge in [-0.2, -0.15) is 0 Å². The number of hydrogen-bond acceptors (Lipinski definition) is 2. The van der Waals surface area contributed by atoms with Gasteiger partial charge in [0.15, 0.2) is 0 Å². The molecule has 0 radical (unpaired) electrons. The van der Waals surface area contributed by atoms with Gasteiger partial charge >= 0.3 is 269 Å². The Balaban J connectivity index is 2.11. The quantitative estimate of drug-likeness (QED) is 0.237. The summed E-state index contributed by atoms with van der Waals surface area (Å²) in [5.74, 6) is 2.05. The van der Waals surface area contributed by atoms with E-state index in [0.29, 0.717) is 0 Å². The van der Waals surface area contributed by atoms with Crippen LogP contribution in [0.2, 0.25) is 5.67 Å². The summed E-state index contributed by atoms with van der Waals surface area (Å²) >= 11 is 32.7. The maximum atomic E-state index is 8.18. The Kier molecular flexibility index (Phi) is 7.41. The van der Waals surface area contributed by atoms with Crippen molar-refractivity contribution in [3.8, 4) is 0 Å². The molecule has 0 atom stereocenters. The summed E-state index contributed by atoms with van der Waals surface area (Å²) in [5, 5.41) is 0. The number of benzene rings is 2. The van der Waals surface area contributed by atoms with Gasteiger partial charge in [0, 0.05) is 0 Å². The summed E-state index contributed by atoms with van der Waals surface area (Å²) in [6, 6.07) is 20.8. The minimum absolute atomic E-state index is 0.266. The van der Waals surface area contributed by atoms with Gasteiger partial charge in [-0.1, -0.05) is 0 Å². The third-order valence-corrected chi connectivity index (χ3v) is 28.4. The molecule has 0 aromatic heterocycles. The Hall–Kier alpha value is -1.03. The first-order valence-corrected chi connectivity index (χ1v) is 23.7. The molecule has 2 heterocycles. The van der Waals surface area contributed by atoms with Crippen LogP contribution in [0.5, 0.6) is 0 Å². The molecule has 0 fully saturated rings. The number of nitrogens with zero attached hydrogens (tertiary/aromatic N) is 4. The molecule has 0 saturated heterocycles. The van der Waals surface area contributed by atoms with E-state index in [4.69, 9.17) is 44.3 Å². The Bertz CT molecular complexity index is 1320. The predicted molar refractivity (Wildman–Crippen MR) is 184 cm³/mol. The average Bonchev–Trinajstić information content (AvgIpc) is 2.73. The van der Waals surface area contributed by atoms with Crippen LogP contribution in [0.25, 0.3) is 0 Å². The van der Waals surface area contributed by atoms with Gasteiger partial charge in [0.2, 0.25) is 0 Å². The van der Waals surface area contributed by atoms with Crippen molar-refractivity contribution in [2.24, 2.45) is 0 Å². The molecule has 0 unspecified atom stereocenters.